The van der Waals surface area contributed by atoms with E-state index in [-0.39, 0.29) is 5.69 Å². The third kappa shape index (κ3) is 1.94. The van der Waals surface area contributed by atoms with E-state index < -0.39 is 17.5 Å². The maximum atomic E-state index is 13.7. The van der Waals surface area contributed by atoms with E-state index >= 15 is 0 Å². The minimum absolute atomic E-state index is 0.187. The molecule has 6 heteroatoms. The number of anilines is 1. The molecule has 18 heavy (non-hydrogen) atoms. The van der Waals surface area contributed by atoms with Gasteiger partial charge in [0.05, 0.1) is 5.69 Å². The van der Waals surface area contributed by atoms with Crippen LogP contribution in [0.2, 0.25) is 0 Å². The van der Waals surface area contributed by atoms with Crippen LogP contribution < -0.4 is 5.32 Å². The summed E-state index contributed by atoms with van der Waals surface area (Å²) in [7, 11) is 0. The topological polar surface area (TPSA) is 29.9 Å². The SMILES string of the molecule is Fc1cc(F)c(F)c(-n2ccnc2NC2CC2)c1. The second-order valence-corrected chi connectivity index (χ2v) is 4.26. The molecule has 1 aliphatic rings. The molecule has 0 unspecified atom stereocenters. The van der Waals surface area contributed by atoms with Gasteiger partial charge in [-0.2, -0.15) is 0 Å². The molecule has 3 nitrogen and oxygen atoms in total. The molecule has 0 spiro atoms. The van der Waals surface area contributed by atoms with Gasteiger partial charge in [-0.1, -0.05) is 0 Å². The molecule has 1 N–H and O–H groups in total. The number of hydrogen-bond acceptors (Lipinski definition) is 2. The first kappa shape index (κ1) is 11.1. The molecular weight excluding hydrogens is 243 g/mol. The van der Waals surface area contributed by atoms with E-state index in [9.17, 15) is 13.2 Å². The summed E-state index contributed by atoms with van der Waals surface area (Å²) in [5.74, 6) is -2.74. The molecule has 2 aromatic rings. The fraction of sp³-hybridized carbons (Fsp3) is 0.250. The highest BCUT2D eigenvalue weighted by atomic mass is 19.2. The van der Waals surface area contributed by atoms with Crippen molar-refractivity contribution in [2.75, 3.05) is 5.32 Å². The summed E-state index contributed by atoms with van der Waals surface area (Å²) in [5.41, 5.74) is -0.187. The zero-order valence-corrected chi connectivity index (χ0v) is 9.33. The Kier molecular flexibility index (Phi) is 2.50. The summed E-state index contributed by atoms with van der Waals surface area (Å²) < 4.78 is 41.3. The van der Waals surface area contributed by atoms with E-state index in [1.165, 1.54) is 17.0 Å². The van der Waals surface area contributed by atoms with Crippen molar-refractivity contribution in [1.29, 1.82) is 0 Å². The summed E-state index contributed by atoms with van der Waals surface area (Å²) in [6, 6.07) is 1.77. The Labute approximate surface area is 101 Å². The summed E-state index contributed by atoms with van der Waals surface area (Å²) in [6.07, 6.45) is 4.95. The molecule has 0 atom stereocenters. The second kappa shape index (κ2) is 4.04. The number of halogens is 3. The molecule has 0 saturated heterocycles. The minimum atomic E-state index is -1.21. The molecule has 1 aliphatic carbocycles. The lowest BCUT2D eigenvalue weighted by atomic mass is 10.3. The van der Waals surface area contributed by atoms with Crippen LogP contribution in [0.4, 0.5) is 19.1 Å². The minimum Gasteiger partial charge on any atom is -0.353 e. The van der Waals surface area contributed by atoms with Crippen LogP contribution in [0.15, 0.2) is 24.5 Å². The van der Waals surface area contributed by atoms with Crippen molar-refractivity contribution >= 4 is 5.95 Å². The van der Waals surface area contributed by atoms with Crippen molar-refractivity contribution in [3.05, 3.63) is 42.0 Å². The molecule has 0 amide bonds. The highest BCUT2D eigenvalue weighted by molar-refractivity contribution is 5.44. The van der Waals surface area contributed by atoms with Gasteiger partial charge in [-0.3, -0.25) is 4.57 Å². The zero-order valence-electron chi connectivity index (χ0n) is 9.33. The van der Waals surface area contributed by atoms with Crippen LogP contribution in [0.25, 0.3) is 5.69 Å². The summed E-state index contributed by atoms with van der Waals surface area (Å²) in [4.78, 5) is 4.01. The van der Waals surface area contributed by atoms with Crippen LogP contribution in [0, 0.1) is 17.5 Å². The quantitative estimate of drug-likeness (QED) is 0.852. The molecule has 94 valence electrons. The molecular formula is C12H10F3N3. The van der Waals surface area contributed by atoms with Gasteiger partial charge in [-0.05, 0) is 12.8 Å². The van der Waals surface area contributed by atoms with Gasteiger partial charge in [-0.15, -0.1) is 0 Å². The van der Waals surface area contributed by atoms with Crippen molar-refractivity contribution in [1.82, 2.24) is 9.55 Å². The average molecular weight is 253 g/mol. The third-order valence-electron chi connectivity index (χ3n) is 2.78. The lowest BCUT2D eigenvalue weighted by Gasteiger charge is -2.10. The number of nitrogens with zero attached hydrogens (tertiary/aromatic N) is 2. The number of benzene rings is 1. The highest BCUT2D eigenvalue weighted by Gasteiger charge is 2.23. The van der Waals surface area contributed by atoms with Crippen LogP contribution >= 0.6 is 0 Å². The van der Waals surface area contributed by atoms with Crippen LogP contribution in [-0.4, -0.2) is 15.6 Å². The monoisotopic (exact) mass is 253 g/mol. The van der Waals surface area contributed by atoms with Crippen LogP contribution in [-0.2, 0) is 0 Å². The van der Waals surface area contributed by atoms with Crippen LogP contribution in [0.3, 0.4) is 0 Å². The third-order valence-corrected chi connectivity index (χ3v) is 2.78. The largest absolute Gasteiger partial charge is 0.353 e. The smallest absolute Gasteiger partial charge is 0.207 e. The summed E-state index contributed by atoms with van der Waals surface area (Å²) in [5, 5.41) is 3.07. The van der Waals surface area contributed by atoms with E-state index in [1.54, 1.807) is 0 Å². The number of aromatic nitrogens is 2. The van der Waals surface area contributed by atoms with Gasteiger partial charge in [-0.25, -0.2) is 18.2 Å². The van der Waals surface area contributed by atoms with E-state index in [4.69, 9.17) is 0 Å². The summed E-state index contributed by atoms with van der Waals surface area (Å²) in [6.45, 7) is 0. The van der Waals surface area contributed by atoms with Crippen molar-refractivity contribution < 1.29 is 13.2 Å². The Bertz CT molecular complexity index is 590. The Balaban J connectivity index is 2.06. The normalized spacial score (nSPS) is 14.8. The van der Waals surface area contributed by atoms with Gasteiger partial charge in [0.1, 0.15) is 5.82 Å². The Morgan fingerprint density at radius 1 is 1.22 bits per heavy atom. The molecule has 0 bridgehead atoms. The number of imidazole rings is 1. The molecule has 1 saturated carbocycles. The van der Waals surface area contributed by atoms with Gasteiger partial charge in [0.25, 0.3) is 0 Å². The second-order valence-electron chi connectivity index (χ2n) is 4.26. The van der Waals surface area contributed by atoms with E-state index in [0.29, 0.717) is 18.1 Å². The van der Waals surface area contributed by atoms with Crippen molar-refractivity contribution in [2.45, 2.75) is 18.9 Å². The number of rotatable bonds is 3. The average Bonchev–Trinajstić information content (AvgIpc) is 3.01. The Morgan fingerprint density at radius 3 is 2.72 bits per heavy atom. The van der Waals surface area contributed by atoms with Gasteiger partial charge >= 0.3 is 0 Å². The van der Waals surface area contributed by atoms with E-state index in [2.05, 4.69) is 10.3 Å². The van der Waals surface area contributed by atoms with E-state index in [1.807, 2.05) is 0 Å². The molecule has 1 aromatic carbocycles. The van der Waals surface area contributed by atoms with Crippen molar-refractivity contribution in [3.63, 3.8) is 0 Å². The maximum Gasteiger partial charge on any atom is 0.207 e. The molecule has 1 aromatic heterocycles. The first-order chi connectivity index (χ1) is 8.65. The standard InChI is InChI=1S/C12H10F3N3/c13-7-5-9(14)11(15)10(6-7)18-4-3-16-12(18)17-8-1-2-8/h3-6,8H,1-2H2,(H,16,17). The molecule has 1 fully saturated rings. The van der Waals surface area contributed by atoms with Crippen molar-refractivity contribution in [3.8, 4) is 5.69 Å². The molecule has 1 heterocycles. The maximum absolute atomic E-state index is 13.7. The van der Waals surface area contributed by atoms with Crippen molar-refractivity contribution in [2.24, 2.45) is 0 Å². The number of nitrogens with one attached hydrogen (secondary N) is 1. The lowest BCUT2D eigenvalue weighted by Crippen LogP contribution is -2.09. The molecule has 0 aliphatic heterocycles. The fourth-order valence-corrected chi connectivity index (χ4v) is 1.73. The fourth-order valence-electron chi connectivity index (χ4n) is 1.73. The van der Waals surface area contributed by atoms with Crippen LogP contribution in [0.1, 0.15) is 12.8 Å². The predicted octanol–water partition coefficient (Wildman–Crippen LogP) is 2.86. The predicted molar refractivity (Wildman–Crippen MR) is 60.1 cm³/mol. The molecule has 0 radical (unpaired) electrons. The number of hydrogen-bond donors (Lipinski definition) is 1. The van der Waals surface area contributed by atoms with Gasteiger partial charge in [0, 0.05) is 30.6 Å². The zero-order chi connectivity index (χ0) is 12.7. The summed E-state index contributed by atoms with van der Waals surface area (Å²) >= 11 is 0. The molecule has 3 rings (SSSR count). The Hall–Kier alpha value is -1.98. The first-order valence-electron chi connectivity index (χ1n) is 5.60. The van der Waals surface area contributed by atoms with Gasteiger partial charge < -0.3 is 5.32 Å². The van der Waals surface area contributed by atoms with E-state index in [0.717, 1.165) is 18.9 Å². The first-order valence-corrected chi connectivity index (χ1v) is 5.60. The lowest BCUT2D eigenvalue weighted by molar-refractivity contribution is 0.491. The van der Waals surface area contributed by atoms with Crippen LogP contribution in [0.5, 0.6) is 0 Å². The Morgan fingerprint density at radius 2 is 2.00 bits per heavy atom. The van der Waals surface area contributed by atoms with Gasteiger partial charge in [0.15, 0.2) is 11.6 Å². The van der Waals surface area contributed by atoms with Gasteiger partial charge in [0.2, 0.25) is 5.95 Å². The highest BCUT2D eigenvalue weighted by Crippen LogP contribution is 2.26.